The minimum Gasteiger partial charge on any atom is -0.494 e. The van der Waals surface area contributed by atoms with Gasteiger partial charge in [-0.3, -0.25) is 19.7 Å². The fourth-order valence-corrected chi connectivity index (χ4v) is 3.84. The van der Waals surface area contributed by atoms with Crippen molar-refractivity contribution in [2.24, 2.45) is 4.99 Å². The van der Waals surface area contributed by atoms with E-state index in [-0.39, 0.29) is 23.7 Å². The smallest absolute Gasteiger partial charge is 0.293 e. The number of amides is 2. The van der Waals surface area contributed by atoms with Gasteiger partial charge in [-0.1, -0.05) is 23.9 Å². The maximum absolute atomic E-state index is 12.4. The van der Waals surface area contributed by atoms with Gasteiger partial charge >= 0.3 is 0 Å². The SMILES string of the molecule is COc1ccc(C)cc1N=C1NC(=O)[C@@H](CC(=O)Nc2ccc(C)cc2[N+](=O)[O-])S1. The predicted octanol–water partition coefficient (Wildman–Crippen LogP) is 3.47. The Morgan fingerprint density at radius 2 is 1.97 bits per heavy atom. The van der Waals surface area contributed by atoms with Crippen LogP contribution in [-0.4, -0.2) is 34.3 Å². The first-order valence-electron chi connectivity index (χ1n) is 9.02. The van der Waals surface area contributed by atoms with Gasteiger partial charge in [0.15, 0.2) is 5.17 Å². The van der Waals surface area contributed by atoms with Crippen LogP contribution in [0.5, 0.6) is 5.75 Å². The lowest BCUT2D eigenvalue weighted by Gasteiger charge is -2.08. The number of carbonyl (C=O) groups is 2. The molecule has 1 saturated heterocycles. The highest BCUT2D eigenvalue weighted by Crippen LogP contribution is 2.32. The van der Waals surface area contributed by atoms with Gasteiger partial charge in [-0.05, 0) is 43.2 Å². The maximum Gasteiger partial charge on any atom is 0.293 e. The van der Waals surface area contributed by atoms with Crippen LogP contribution in [0.25, 0.3) is 0 Å². The topological polar surface area (TPSA) is 123 Å². The van der Waals surface area contributed by atoms with E-state index in [1.807, 2.05) is 19.1 Å². The van der Waals surface area contributed by atoms with E-state index in [0.29, 0.717) is 22.2 Å². The number of ether oxygens (including phenoxy) is 1. The Morgan fingerprint density at radius 3 is 2.67 bits per heavy atom. The summed E-state index contributed by atoms with van der Waals surface area (Å²) in [5, 5.41) is 16.1. The molecular formula is C20H20N4O5S. The summed E-state index contributed by atoms with van der Waals surface area (Å²) in [6, 6.07) is 10.0. The fourth-order valence-electron chi connectivity index (χ4n) is 2.86. The van der Waals surface area contributed by atoms with E-state index in [1.165, 1.54) is 19.2 Å². The van der Waals surface area contributed by atoms with Crippen molar-refractivity contribution in [3.05, 3.63) is 57.6 Å². The molecule has 3 rings (SSSR count). The number of hydrogen-bond donors (Lipinski definition) is 2. The van der Waals surface area contributed by atoms with Gasteiger partial charge in [0, 0.05) is 12.5 Å². The van der Waals surface area contributed by atoms with Crippen molar-refractivity contribution >= 4 is 45.8 Å². The average molecular weight is 428 g/mol. The van der Waals surface area contributed by atoms with Crippen molar-refractivity contribution in [2.45, 2.75) is 25.5 Å². The van der Waals surface area contributed by atoms with Gasteiger partial charge in [-0.15, -0.1) is 0 Å². The third-order valence-electron chi connectivity index (χ3n) is 4.33. The molecule has 0 spiro atoms. The van der Waals surface area contributed by atoms with E-state index in [2.05, 4.69) is 15.6 Å². The molecule has 10 heteroatoms. The monoisotopic (exact) mass is 428 g/mol. The lowest BCUT2D eigenvalue weighted by Crippen LogP contribution is -2.28. The van der Waals surface area contributed by atoms with Crippen LogP contribution in [0.2, 0.25) is 0 Å². The number of nitro groups is 1. The first-order valence-corrected chi connectivity index (χ1v) is 9.90. The highest BCUT2D eigenvalue weighted by molar-refractivity contribution is 8.15. The summed E-state index contributed by atoms with van der Waals surface area (Å²) in [6.45, 7) is 3.64. The molecule has 2 N–H and O–H groups in total. The highest BCUT2D eigenvalue weighted by atomic mass is 32.2. The standard InChI is InChI=1S/C20H20N4O5S/c1-11-5-7-16(29-3)14(8-11)22-20-23-19(26)17(30-20)10-18(25)21-13-6-4-12(2)9-15(13)24(27)28/h4-9,17H,10H2,1-3H3,(H,21,25)(H,22,23,26)/t17-/m1/s1. The van der Waals surface area contributed by atoms with E-state index in [1.54, 1.807) is 19.1 Å². The minimum atomic E-state index is -0.691. The lowest BCUT2D eigenvalue weighted by atomic mass is 10.2. The Morgan fingerprint density at radius 1 is 1.27 bits per heavy atom. The molecule has 1 fully saturated rings. The minimum absolute atomic E-state index is 0.0948. The Labute approximate surface area is 177 Å². The zero-order valence-electron chi connectivity index (χ0n) is 16.6. The molecule has 30 heavy (non-hydrogen) atoms. The van der Waals surface area contributed by atoms with Gasteiger partial charge < -0.3 is 15.4 Å². The number of hydrogen-bond acceptors (Lipinski definition) is 7. The van der Waals surface area contributed by atoms with Crippen LogP contribution in [0.4, 0.5) is 17.1 Å². The summed E-state index contributed by atoms with van der Waals surface area (Å²) in [5.41, 5.74) is 2.16. The zero-order valence-corrected chi connectivity index (χ0v) is 17.4. The summed E-state index contributed by atoms with van der Waals surface area (Å²) in [5.74, 6) is -0.279. The number of aliphatic imine (C=N–C) groups is 1. The average Bonchev–Trinajstić information content (AvgIpc) is 3.02. The molecule has 0 saturated carbocycles. The molecule has 1 aliphatic rings. The number of aryl methyl sites for hydroxylation is 2. The third-order valence-corrected chi connectivity index (χ3v) is 5.41. The van der Waals surface area contributed by atoms with E-state index < -0.39 is 16.1 Å². The Bertz CT molecular complexity index is 1050. The molecule has 2 amide bonds. The molecule has 1 heterocycles. The maximum atomic E-state index is 12.4. The van der Waals surface area contributed by atoms with Gasteiger partial charge in [0.25, 0.3) is 5.69 Å². The lowest BCUT2D eigenvalue weighted by molar-refractivity contribution is -0.384. The number of thioether (sulfide) groups is 1. The summed E-state index contributed by atoms with van der Waals surface area (Å²) in [7, 11) is 1.53. The molecule has 1 atom stereocenters. The largest absolute Gasteiger partial charge is 0.494 e. The summed E-state index contributed by atoms with van der Waals surface area (Å²) in [6.07, 6.45) is -0.147. The molecule has 1 aliphatic heterocycles. The molecule has 2 aromatic carbocycles. The van der Waals surface area contributed by atoms with E-state index >= 15 is 0 Å². The number of benzene rings is 2. The van der Waals surface area contributed by atoms with Crippen LogP contribution in [0.3, 0.4) is 0 Å². The van der Waals surface area contributed by atoms with Gasteiger partial charge in [-0.2, -0.15) is 0 Å². The molecule has 0 radical (unpaired) electrons. The number of nitrogens with zero attached hydrogens (tertiary/aromatic N) is 2. The van der Waals surface area contributed by atoms with Crippen molar-refractivity contribution < 1.29 is 19.2 Å². The fraction of sp³-hybridized carbons (Fsp3) is 0.250. The molecule has 2 aromatic rings. The summed E-state index contributed by atoms with van der Waals surface area (Å²) in [4.78, 5) is 39.7. The van der Waals surface area contributed by atoms with Crippen LogP contribution in [0.15, 0.2) is 41.4 Å². The molecular weight excluding hydrogens is 408 g/mol. The second kappa shape index (κ2) is 8.95. The number of anilines is 1. The first-order chi connectivity index (χ1) is 14.3. The van der Waals surface area contributed by atoms with Gasteiger partial charge in [-0.25, -0.2) is 4.99 Å². The van der Waals surface area contributed by atoms with E-state index in [4.69, 9.17) is 4.74 Å². The zero-order chi connectivity index (χ0) is 21.8. The molecule has 9 nitrogen and oxygen atoms in total. The molecule has 0 unspecified atom stereocenters. The second-order valence-electron chi connectivity index (χ2n) is 6.72. The first kappa shape index (κ1) is 21.3. The Balaban J connectivity index is 1.70. The van der Waals surface area contributed by atoms with Crippen LogP contribution >= 0.6 is 11.8 Å². The second-order valence-corrected chi connectivity index (χ2v) is 7.91. The van der Waals surface area contributed by atoms with E-state index in [0.717, 1.165) is 17.3 Å². The number of rotatable bonds is 6. The van der Waals surface area contributed by atoms with Crippen molar-refractivity contribution in [1.82, 2.24) is 5.32 Å². The van der Waals surface area contributed by atoms with E-state index in [9.17, 15) is 19.7 Å². The Hall–Kier alpha value is -3.40. The molecule has 0 aliphatic carbocycles. The number of methoxy groups -OCH3 is 1. The van der Waals surface area contributed by atoms with Gasteiger partial charge in [0.05, 0.1) is 12.0 Å². The number of nitrogens with one attached hydrogen (secondary N) is 2. The molecule has 156 valence electrons. The quantitative estimate of drug-likeness (QED) is 0.536. The summed E-state index contributed by atoms with van der Waals surface area (Å²) >= 11 is 1.13. The Kier molecular flexibility index (Phi) is 6.36. The van der Waals surface area contributed by atoms with Crippen LogP contribution in [-0.2, 0) is 9.59 Å². The van der Waals surface area contributed by atoms with Crippen molar-refractivity contribution in [1.29, 1.82) is 0 Å². The van der Waals surface area contributed by atoms with Crippen molar-refractivity contribution in [2.75, 3.05) is 12.4 Å². The highest BCUT2D eigenvalue weighted by Gasteiger charge is 2.32. The third kappa shape index (κ3) is 4.95. The van der Waals surface area contributed by atoms with Crippen molar-refractivity contribution in [3.63, 3.8) is 0 Å². The van der Waals surface area contributed by atoms with Crippen LogP contribution in [0, 0.1) is 24.0 Å². The van der Waals surface area contributed by atoms with Crippen LogP contribution < -0.4 is 15.4 Å². The number of amidine groups is 1. The number of carbonyl (C=O) groups excluding carboxylic acids is 2. The van der Waals surface area contributed by atoms with Gasteiger partial charge in [0.2, 0.25) is 11.8 Å². The van der Waals surface area contributed by atoms with Crippen molar-refractivity contribution in [3.8, 4) is 5.75 Å². The summed E-state index contributed by atoms with van der Waals surface area (Å²) < 4.78 is 5.29. The van der Waals surface area contributed by atoms with Crippen LogP contribution in [0.1, 0.15) is 17.5 Å². The van der Waals surface area contributed by atoms with Gasteiger partial charge in [0.1, 0.15) is 22.4 Å². The number of nitro benzene ring substituents is 1. The molecule has 0 aromatic heterocycles. The molecule has 0 bridgehead atoms. The normalized spacial score (nSPS) is 17.0. The predicted molar refractivity (Wildman–Crippen MR) is 115 cm³/mol.